The Morgan fingerprint density at radius 1 is 1.00 bits per heavy atom. The van der Waals surface area contributed by atoms with Crippen LogP contribution in [0.25, 0.3) is 0 Å². The molecule has 134 valence electrons. The third-order valence-electron chi connectivity index (χ3n) is 3.65. The van der Waals surface area contributed by atoms with Crippen LogP contribution in [-0.4, -0.2) is 26.7 Å². The minimum atomic E-state index is -3.23. The van der Waals surface area contributed by atoms with Crippen LogP contribution in [0.3, 0.4) is 0 Å². The number of carbonyl (C=O) groups is 1. The highest BCUT2D eigenvalue weighted by Crippen LogP contribution is 2.21. The minimum absolute atomic E-state index is 0.0325. The maximum absolute atomic E-state index is 12.6. The number of benzene rings is 2. The number of para-hydroxylation sites is 1. The molecule has 0 aliphatic heterocycles. The van der Waals surface area contributed by atoms with Crippen LogP contribution in [0.15, 0.2) is 53.4 Å². The van der Waals surface area contributed by atoms with Crippen LogP contribution in [-0.2, 0) is 9.84 Å². The number of rotatable bonds is 6. The SMILES string of the molecule is CC(C)Oc1ccccc1C(=O)N[C@H](C)c1ccc(S(C)(=O)=O)cc1. The average molecular weight is 361 g/mol. The van der Waals surface area contributed by atoms with E-state index < -0.39 is 9.84 Å². The van der Waals surface area contributed by atoms with E-state index in [-0.39, 0.29) is 22.9 Å². The summed E-state index contributed by atoms with van der Waals surface area (Å²) in [6.45, 7) is 5.65. The molecule has 0 spiro atoms. The van der Waals surface area contributed by atoms with Gasteiger partial charge < -0.3 is 10.1 Å². The maximum Gasteiger partial charge on any atom is 0.255 e. The second-order valence-corrected chi connectivity index (χ2v) is 8.21. The second kappa shape index (κ2) is 7.70. The van der Waals surface area contributed by atoms with E-state index in [1.54, 1.807) is 42.5 Å². The van der Waals surface area contributed by atoms with Crippen LogP contribution in [0.5, 0.6) is 5.75 Å². The van der Waals surface area contributed by atoms with Crippen molar-refractivity contribution in [1.82, 2.24) is 5.32 Å². The first-order valence-corrected chi connectivity index (χ1v) is 9.94. The zero-order valence-corrected chi connectivity index (χ0v) is 15.6. The molecule has 0 unspecified atom stereocenters. The van der Waals surface area contributed by atoms with Crippen molar-refractivity contribution in [3.63, 3.8) is 0 Å². The predicted octanol–water partition coefficient (Wildman–Crippen LogP) is 3.37. The molecule has 5 nitrogen and oxygen atoms in total. The Morgan fingerprint density at radius 2 is 1.60 bits per heavy atom. The highest BCUT2D eigenvalue weighted by Gasteiger charge is 2.16. The molecular weight excluding hydrogens is 338 g/mol. The van der Waals surface area contributed by atoms with Crippen molar-refractivity contribution in [3.8, 4) is 5.75 Å². The van der Waals surface area contributed by atoms with Crippen LogP contribution in [0, 0.1) is 0 Å². The Morgan fingerprint density at radius 3 is 2.16 bits per heavy atom. The molecule has 25 heavy (non-hydrogen) atoms. The van der Waals surface area contributed by atoms with Crippen molar-refractivity contribution in [2.45, 2.75) is 37.8 Å². The van der Waals surface area contributed by atoms with Gasteiger partial charge in [0.2, 0.25) is 0 Å². The summed E-state index contributed by atoms with van der Waals surface area (Å²) >= 11 is 0. The molecule has 1 atom stereocenters. The molecule has 0 aromatic heterocycles. The summed E-state index contributed by atoms with van der Waals surface area (Å²) in [6, 6.07) is 13.3. The Labute approximate surface area is 148 Å². The molecule has 0 aliphatic carbocycles. The van der Waals surface area contributed by atoms with Crippen molar-refractivity contribution in [1.29, 1.82) is 0 Å². The zero-order valence-electron chi connectivity index (χ0n) is 14.8. The molecule has 0 heterocycles. The van der Waals surface area contributed by atoms with E-state index in [1.807, 2.05) is 26.8 Å². The zero-order chi connectivity index (χ0) is 18.6. The van der Waals surface area contributed by atoms with Gasteiger partial charge in [-0.15, -0.1) is 0 Å². The molecular formula is C19H23NO4S. The van der Waals surface area contributed by atoms with Gasteiger partial charge in [0.05, 0.1) is 22.6 Å². The molecule has 1 N–H and O–H groups in total. The normalized spacial score (nSPS) is 12.7. The van der Waals surface area contributed by atoms with Crippen molar-refractivity contribution in [2.75, 3.05) is 6.26 Å². The molecule has 0 bridgehead atoms. The standard InChI is InChI=1S/C19H23NO4S/c1-13(2)24-18-8-6-5-7-17(18)19(21)20-14(3)15-9-11-16(12-10-15)25(4,22)23/h5-14H,1-4H3,(H,20,21)/t14-/m1/s1. The topological polar surface area (TPSA) is 72.5 Å². The van der Waals surface area contributed by atoms with E-state index in [4.69, 9.17) is 4.74 Å². The van der Waals surface area contributed by atoms with Gasteiger partial charge in [-0.2, -0.15) is 0 Å². The summed E-state index contributed by atoms with van der Waals surface area (Å²) in [5.74, 6) is 0.297. The first-order valence-electron chi connectivity index (χ1n) is 8.05. The first-order chi connectivity index (χ1) is 11.7. The van der Waals surface area contributed by atoms with Crippen molar-refractivity contribution < 1.29 is 17.9 Å². The fraction of sp³-hybridized carbons (Fsp3) is 0.316. The maximum atomic E-state index is 12.6. The van der Waals surface area contributed by atoms with Gasteiger partial charge in [0.1, 0.15) is 5.75 Å². The largest absolute Gasteiger partial charge is 0.490 e. The minimum Gasteiger partial charge on any atom is -0.490 e. The van der Waals surface area contributed by atoms with Gasteiger partial charge in [0.15, 0.2) is 9.84 Å². The number of ether oxygens (including phenoxy) is 1. The molecule has 2 aromatic carbocycles. The van der Waals surface area contributed by atoms with E-state index >= 15 is 0 Å². The molecule has 0 fully saturated rings. The Kier molecular flexibility index (Phi) is 5.85. The van der Waals surface area contributed by atoms with Crippen molar-refractivity contribution >= 4 is 15.7 Å². The third kappa shape index (κ3) is 5.06. The number of hydrogen-bond acceptors (Lipinski definition) is 4. The lowest BCUT2D eigenvalue weighted by molar-refractivity contribution is 0.0934. The van der Waals surface area contributed by atoms with Gasteiger partial charge in [-0.25, -0.2) is 8.42 Å². The first kappa shape index (κ1) is 19.0. The summed E-state index contributed by atoms with van der Waals surface area (Å²) < 4.78 is 28.7. The summed E-state index contributed by atoms with van der Waals surface area (Å²) in [5.41, 5.74) is 1.29. The molecule has 0 saturated carbocycles. The Hall–Kier alpha value is -2.34. The van der Waals surface area contributed by atoms with E-state index in [1.165, 1.54) is 6.26 Å². The molecule has 1 amide bonds. The molecule has 2 aromatic rings. The summed E-state index contributed by atoms with van der Waals surface area (Å²) in [4.78, 5) is 12.8. The van der Waals surface area contributed by atoms with E-state index in [0.29, 0.717) is 11.3 Å². The molecule has 0 saturated heterocycles. The predicted molar refractivity (Wildman–Crippen MR) is 97.6 cm³/mol. The van der Waals surface area contributed by atoms with E-state index in [9.17, 15) is 13.2 Å². The number of carbonyl (C=O) groups excluding carboxylic acids is 1. The number of sulfone groups is 1. The van der Waals surface area contributed by atoms with Gasteiger partial charge in [-0.3, -0.25) is 4.79 Å². The highest BCUT2D eigenvalue weighted by atomic mass is 32.2. The lowest BCUT2D eigenvalue weighted by Crippen LogP contribution is -2.27. The van der Waals surface area contributed by atoms with Gasteiger partial charge in [0.25, 0.3) is 5.91 Å². The Balaban J connectivity index is 2.15. The summed E-state index contributed by atoms with van der Waals surface area (Å²) in [6.07, 6.45) is 1.13. The number of amides is 1. The lowest BCUT2D eigenvalue weighted by atomic mass is 10.1. The van der Waals surface area contributed by atoms with Crippen LogP contribution < -0.4 is 10.1 Å². The van der Waals surface area contributed by atoms with E-state index in [2.05, 4.69) is 5.32 Å². The monoisotopic (exact) mass is 361 g/mol. The molecule has 6 heteroatoms. The third-order valence-corrected chi connectivity index (χ3v) is 4.78. The van der Waals surface area contributed by atoms with Crippen LogP contribution in [0.4, 0.5) is 0 Å². The van der Waals surface area contributed by atoms with Crippen LogP contribution in [0.1, 0.15) is 42.7 Å². The molecule has 0 radical (unpaired) electrons. The van der Waals surface area contributed by atoms with Gasteiger partial charge in [-0.05, 0) is 50.6 Å². The van der Waals surface area contributed by atoms with E-state index in [0.717, 1.165) is 5.56 Å². The van der Waals surface area contributed by atoms with Gasteiger partial charge in [-0.1, -0.05) is 24.3 Å². The lowest BCUT2D eigenvalue weighted by Gasteiger charge is -2.17. The molecule has 0 aliphatic rings. The van der Waals surface area contributed by atoms with Crippen molar-refractivity contribution in [3.05, 3.63) is 59.7 Å². The fourth-order valence-electron chi connectivity index (χ4n) is 2.37. The highest BCUT2D eigenvalue weighted by molar-refractivity contribution is 7.90. The Bertz CT molecular complexity index is 842. The summed E-state index contributed by atoms with van der Waals surface area (Å²) in [5, 5.41) is 2.92. The number of nitrogens with one attached hydrogen (secondary N) is 1. The summed E-state index contributed by atoms with van der Waals surface area (Å²) in [7, 11) is -3.23. The quantitative estimate of drug-likeness (QED) is 0.856. The van der Waals surface area contributed by atoms with Crippen LogP contribution in [0.2, 0.25) is 0 Å². The van der Waals surface area contributed by atoms with Gasteiger partial charge >= 0.3 is 0 Å². The fourth-order valence-corrected chi connectivity index (χ4v) is 3.00. The van der Waals surface area contributed by atoms with Crippen molar-refractivity contribution in [2.24, 2.45) is 0 Å². The van der Waals surface area contributed by atoms with Gasteiger partial charge in [0, 0.05) is 6.26 Å². The molecule has 2 rings (SSSR count). The average Bonchev–Trinajstić information content (AvgIpc) is 2.54. The van der Waals surface area contributed by atoms with Crippen LogP contribution >= 0.6 is 0 Å². The second-order valence-electron chi connectivity index (χ2n) is 6.20. The smallest absolute Gasteiger partial charge is 0.255 e. The number of hydrogen-bond donors (Lipinski definition) is 1.